The largest absolute Gasteiger partial charge is 0.358 e. The Kier molecular flexibility index (Phi) is 3.77. The first-order valence-electron chi connectivity index (χ1n) is 6.96. The third kappa shape index (κ3) is 2.72. The fourth-order valence-electron chi connectivity index (χ4n) is 2.73. The summed E-state index contributed by atoms with van der Waals surface area (Å²) in [4.78, 5) is 17.4. The van der Waals surface area contributed by atoms with Crippen molar-refractivity contribution in [2.24, 2.45) is 0 Å². The third-order valence-corrected chi connectivity index (χ3v) is 5.15. The number of H-pyrrole nitrogens is 2. The minimum Gasteiger partial charge on any atom is -0.358 e. The molecule has 3 heterocycles. The molecule has 0 saturated carbocycles. The Morgan fingerprint density at radius 2 is 2.13 bits per heavy atom. The minimum atomic E-state index is -0.0938. The van der Waals surface area contributed by atoms with E-state index in [0.717, 1.165) is 27.8 Å². The summed E-state index contributed by atoms with van der Waals surface area (Å²) in [6.45, 7) is 1.32. The van der Waals surface area contributed by atoms with Gasteiger partial charge in [-0.1, -0.05) is 29.3 Å². The van der Waals surface area contributed by atoms with Crippen LogP contribution in [0.25, 0.3) is 10.9 Å². The van der Waals surface area contributed by atoms with Crippen molar-refractivity contribution in [1.82, 2.24) is 14.3 Å². The molecule has 5 nitrogen and oxygen atoms in total. The van der Waals surface area contributed by atoms with E-state index in [1.165, 1.54) is 18.2 Å². The third-order valence-electron chi connectivity index (χ3n) is 3.74. The first-order valence-corrected chi connectivity index (χ1v) is 8.49. The van der Waals surface area contributed by atoms with E-state index < -0.39 is 0 Å². The van der Waals surface area contributed by atoms with Crippen molar-refractivity contribution < 1.29 is 0 Å². The number of hydrogen-bond acceptors (Lipinski definition) is 4. The monoisotopic (exact) mass is 366 g/mol. The molecule has 3 N–H and O–H groups in total. The number of nitrogens with zero attached hydrogens (tertiary/aromatic N) is 1. The molecule has 0 bridgehead atoms. The van der Waals surface area contributed by atoms with Crippen molar-refractivity contribution in [1.29, 1.82) is 0 Å². The van der Waals surface area contributed by atoms with E-state index in [-0.39, 0.29) is 5.56 Å². The van der Waals surface area contributed by atoms with Crippen LogP contribution in [0.4, 0.5) is 5.69 Å². The van der Waals surface area contributed by atoms with Crippen LogP contribution in [-0.2, 0) is 13.1 Å². The molecule has 1 aliphatic heterocycles. The highest BCUT2D eigenvalue weighted by Gasteiger charge is 2.22. The summed E-state index contributed by atoms with van der Waals surface area (Å²) in [7, 11) is 0. The second-order valence-electron chi connectivity index (χ2n) is 5.31. The molecule has 0 spiro atoms. The zero-order valence-corrected chi connectivity index (χ0v) is 14.1. The van der Waals surface area contributed by atoms with Gasteiger partial charge >= 0.3 is 0 Å². The van der Waals surface area contributed by atoms with E-state index in [0.29, 0.717) is 23.1 Å². The van der Waals surface area contributed by atoms with E-state index in [9.17, 15) is 4.79 Å². The molecule has 0 atom stereocenters. The molecule has 2 aromatic heterocycles. The topological polar surface area (TPSA) is 63.9 Å². The smallest absolute Gasteiger partial charge is 0.248 e. The summed E-state index contributed by atoms with van der Waals surface area (Å²) >= 11 is 14.0. The van der Waals surface area contributed by atoms with E-state index in [1.54, 1.807) is 12.3 Å². The molecule has 0 aliphatic carbocycles. The predicted molar refractivity (Wildman–Crippen MR) is 95.8 cm³/mol. The van der Waals surface area contributed by atoms with Crippen LogP contribution in [0.1, 0.15) is 11.3 Å². The maximum Gasteiger partial charge on any atom is 0.248 e. The summed E-state index contributed by atoms with van der Waals surface area (Å²) in [5.41, 5.74) is 3.77. The normalized spacial score (nSPS) is 14.7. The number of fused-ring (bicyclic) bond motifs is 3. The van der Waals surface area contributed by atoms with Gasteiger partial charge in [0.2, 0.25) is 5.56 Å². The number of rotatable bonds is 2. The van der Waals surface area contributed by atoms with Crippen LogP contribution < -0.4 is 10.3 Å². The second kappa shape index (κ2) is 5.79. The standard InChI is InChI=1S/C15H12Cl2N4OS/c16-10-4-8-6-21(7-9-2-1-3-12(22)19-9)23-20-14(8)15-13(10)11(17)5-18-15/h1-5,18,20H,6-7H2,(H,19,22). The van der Waals surface area contributed by atoms with Crippen molar-refractivity contribution in [3.05, 3.63) is 62.1 Å². The maximum absolute atomic E-state index is 11.4. The van der Waals surface area contributed by atoms with Gasteiger partial charge in [0.1, 0.15) is 0 Å². The van der Waals surface area contributed by atoms with Gasteiger partial charge in [-0.2, -0.15) is 0 Å². The number of benzene rings is 1. The Morgan fingerprint density at radius 1 is 1.26 bits per heavy atom. The molecule has 118 valence electrons. The van der Waals surface area contributed by atoms with Crippen LogP contribution in [0.15, 0.2) is 35.3 Å². The molecule has 0 fully saturated rings. The molecule has 1 aromatic carbocycles. The molecule has 0 unspecified atom stereocenters. The molecule has 0 saturated heterocycles. The van der Waals surface area contributed by atoms with Crippen molar-refractivity contribution in [3.8, 4) is 0 Å². The lowest BCUT2D eigenvalue weighted by Gasteiger charge is -2.28. The van der Waals surface area contributed by atoms with E-state index in [2.05, 4.69) is 19.0 Å². The highest BCUT2D eigenvalue weighted by atomic mass is 35.5. The van der Waals surface area contributed by atoms with Crippen molar-refractivity contribution >= 4 is 51.9 Å². The molecule has 8 heteroatoms. The number of aromatic nitrogens is 2. The average Bonchev–Trinajstić information content (AvgIpc) is 2.90. The number of aromatic amines is 2. The van der Waals surface area contributed by atoms with Crippen LogP contribution >= 0.6 is 35.3 Å². The molecule has 23 heavy (non-hydrogen) atoms. The highest BCUT2D eigenvalue weighted by Crippen LogP contribution is 2.41. The van der Waals surface area contributed by atoms with Gasteiger partial charge in [-0.15, -0.1) is 0 Å². The quantitative estimate of drug-likeness (QED) is 0.596. The SMILES string of the molecule is O=c1cccc(CN2Cc3cc(Cl)c4c(Cl)c[nH]c4c3NS2)[nH]1. The number of nitrogens with one attached hydrogen (secondary N) is 3. The molecule has 3 aromatic rings. The zero-order chi connectivity index (χ0) is 16.0. The van der Waals surface area contributed by atoms with Crippen LogP contribution in [0, 0.1) is 0 Å². The summed E-state index contributed by atoms with van der Waals surface area (Å²) in [5, 5.41) is 2.08. The lowest BCUT2D eigenvalue weighted by molar-refractivity contribution is 0.454. The molecule has 4 rings (SSSR count). The first-order chi connectivity index (χ1) is 11.1. The summed E-state index contributed by atoms with van der Waals surface area (Å²) in [6.07, 6.45) is 1.74. The van der Waals surface area contributed by atoms with Crippen molar-refractivity contribution in [2.75, 3.05) is 4.72 Å². The molecular formula is C15H12Cl2N4OS. The Balaban J connectivity index is 1.66. The Morgan fingerprint density at radius 3 is 2.96 bits per heavy atom. The van der Waals surface area contributed by atoms with Gasteiger partial charge < -0.3 is 14.7 Å². The van der Waals surface area contributed by atoms with Crippen LogP contribution in [0.5, 0.6) is 0 Å². The fourth-order valence-corrected chi connectivity index (χ4v) is 4.21. The van der Waals surface area contributed by atoms with E-state index >= 15 is 0 Å². The zero-order valence-electron chi connectivity index (χ0n) is 11.8. The minimum absolute atomic E-state index is 0.0938. The lowest BCUT2D eigenvalue weighted by atomic mass is 10.1. The lowest BCUT2D eigenvalue weighted by Crippen LogP contribution is -2.23. The maximum atomic E-state index is 11.4. The Hall–Kier alpha value is -1.60. The van der Waals surface area contributed by atoms with E-state index in [1.807, 2.05) is 12.1 Å². The predicted octanol–water partition coefficient (Wildman–Crippen LogP) is 4.15. The number of halogens is 2. The van der Waals surface area contributed by atoms with Crippen LogP contribution in [0.3, 0.4) is 0 Å². The summed E-state index contributed by atoms with van der Waals surface area (Å²) in [6, 6.07) is 7.10. The van der Waals surface area contributed by atoms with Gasteiger partial charge in [-0.05, 0) is 17.7 Å². The van der Waals surface area contributed by atoms with Gasteiger partial charge in [0, 0.05) is 42.0 Å². The van der Waals surface area contributed by atoms with Crippen molar-refractivity contribution in [3.63, 3.8) is 0 Å². The first kappa shape index (κ1) is 15.0. The van der Waals surface area contributed by atoms with Gasteiger partial charge in [0.15, 0.2) is 0 Å². The van der Waals surface area contributed by atoms with Gasteiger partial charge in [-0.3, -0.25) is 4.79 Å². The number of anilines is 1. The number of hydrogen-bond donors (Lipinski definition) is 3. The Labute approximate surface area is 146 Å². The van der Waals surface area contributed by atoms with E-state index in [4.69, 9.17) is 23.2 Å². The molecular weight excluding hydrogens is 355 g/mol. The summed E-state index contributed by atoms with van der Waals surface area (Å²) < 4.78 is 5.44. The van der Waals surface area contributed by atoms with Crippen LogP contribution in [-0.4, -0.2) is 14.3 Å². The second-order valence-corrected chi connectivity index (χ2v) is 7.03. The van der Waals surface area contributed by atoms with Crippen LogP contribution in [0.2, 0.25) is 10.0 Å². The molecule has 0 amide bonds. The molecule has 0 radical (unpaired) electrons. The molecule has 1 aliphatic rings. The summed E-state index contributed by atoms with van der Waals surface area (Å²) in [5.74, 6) is 0. The average molecular weight is 367 g/mol. The number of pyridine rings is 1. The fraction of sp³-hybridized carbons (Fsp3) is 0.133. The van der Waals surface area contributed by atoms with Gasteiger partial charge in [-0.25, -0.2) is 4.31 Å². The van der Waals surface area contributed by atoms with Gasteiger partial charge in [0.05, 0.1) is 27.8 Å². The highest BCUT2D eigenvalue weighted by molar-refractivity contribution is 7.98. The van der Waals surface area contributed by atoms with Gasteiger partial charge in [0.25, 0.3) is 0 Å². The van der Waals surface area contributed by atoms with Crippen molar-refractivity contribution in [2.45, 2.75) is 13.1 Å². The Bertz CT molecular complexity index is 952.